The lowest BCUT2D eigenvalue weighted by atomic mass is 10.0. The van der Waals surface area contributed by atoms with Crippen LogP contribution in [0.1, 0.15) is 51.1 Å². The van der Waals surface area contributed by atoms with E-state index in [2.05, 4.69) is 6.92 Å². The number of rotatable bonds is 8. The third kappa shape index (κ3) is 4.62. The Hall–Kier alpha value is -0.870. The smallest absolute Gasteiger partial charge is 0.155 e. The van der Waals surface area contributed by atoms with Crippen molar-refractivity contribution in [3.05, 3.63) is 35.9 Å². The zero-order valence-electron chi connectivity index (χ0n) is 11.9. The molecule has 2 N–H and O–H groups in total. The quantitative estimate of drug-likeness (QED) is 0.746. The van der Waals surface area contributed by atoms with Gasteiger partial charge in [-0.2, -0.15) is 0 Å². The highest BCUT2D eigenvalue weighted by Gasteiger charge is 2.30. The van der Waals surface area contributed by atoms with Crippen molar-refractivity contribution >= 4 is 9.84 Å². The first-order chi connectivity index (χ1) is 9.03. The molecule has 0 saturated heterocycles. The maximum absolute atomic E-state index is 12.4. The Bertz CT molecular complexity index is 456. The summed E-state index contributed by atoms with van der Waals surface area (Å²) in [6.07, 6.45) is 3.27. The number of benzene rings is 1. The van der Waals surface area contributed by atoms with Gasteiger partial charge in [-0.3, -0.25) is 0 Å². The molecule has 0 fully saturated rings. The lowest BCUT2D eigenvalue weighted by Crippen LogP contribution is -2.34. The number of hydrogen-bond donors (Lipinski definition) is 1. The standard InChI is InChI=1S/C15H25NO2S/c1-3-5-9-12-19(17,18)14(4-2)15(16)13-10-7-6-8-11-13/h6-8,10-11,14-15H,3-5,9,12,16H2,1-2H3. The molecule has 1 rings (SSSR count). The van der Waals surface area contributed by atoms with Gasteiger partial charge in [-0.05, 0) is 18.4 Å². The monoisotopic (exact) mass is 283 g/mol. The van der Waals surface area contributed by atoms with Crippen molar-refractivity contribution in [1.29, 1.82) is 0 Å². The summed E-state index contributed by atoms with van der Waals surface area (Å²) in [6.45, 7) is 3.96. The molecule has 0 radical (unpaired) electrons. The van der Waals surface area contributed by atoms with Crippen molar-refractivity contribution in [3.8, 4) is 0 Å². The van der Waals surface area contributed by atoms with E-state index in [4.69, 9.17) is 5.73 Å². The summed E-state index contributed by atoms with van der Waals surface area (Å²) < 4.78 is 24.7. The fraction of sp³-hybridized carbons (Fsp3) is 0.600. The first-order valence-corrected chi connectivity index (χ1v) is 8.76. The molecule has 4 heteroatoms. The molecule has 19 heavy (non-hydrogen) atoms. The minimum atomic E-state index is -3.12. The Kier molecular flexibility index (Phi) is 6.52. The minimum absolute atomic E-state index is 0.250. The molecule has 0 aliphatic carbocycles. The average Bonchev–Trinajstić information content (AvgIpc) is 2.40. The second kappa shape index (κ2) is 7.65. The highest BCUT2D eigenvalue weighted by molar-refractivity contribution is 7.92. The number of nitrogens with two attached hydrogens (primary N) is 1. The van der Waals surface area contributed by atoms with E-state index < -0.39 is 21.1 Å². The van der Waals surface area contributed by atoms with Crippen molar-refractivity contribution < 1.29 is 8.42 Å². The molecule has 0 heterocycles. The molecule has 0 aliphatic heterocycles. The van der Waals surface area contributed by atoms with Gasteiger partial charge >= 0.3 is 0 Å². The summed E-state index contributed by atoms with van der Waals surface area (Å²) in [5.74, 6) is 0.250. The molecule has 1 aromatic rings. The van der Waals surface area contributed by atoms with Crippen LogP contribution in [0.3, 0.4) is 0 Å². The summed E-state index contributed by atoms with van der Waals surface area (Å²) in [7, 11) is -3.12. The summed E-state index contributed by atoms with van der Waals surface area (Å²) in [6, 6.07) is 9.06. The SMILES string of the molecule is CCCCCS(=O)(=O)C(CC)C(N)c1ccccc1. The molecule has 2 unspecified atom stereocenters. The zero-order valence-corrected chi connectivity index (χ0v) is 12.7. The van der Waals surface area contributed by atoms with Crippen LogP contribution in [-0.4, -0.2) is 19.4 Å². The van der Waals surface area contributed by atoms with Crippen molar-refractivity contribution in [2.45, 2.75) is 50.8 Å². The first-order valence-electron chi connectivity index (χ1n) is 7.05. The molecule has 1 aromatic carbocycles. The van der Waals surface area contributed by atoms with Crippen LogP contribution in [0.4, 0.5) is 0 Å². The summed E-state index contributed by atoms with van der Waals surface area (Å²) in [5.41, 5.74) is 7.06. The van der Waals surface area contributed by atoms with Gasteiger partial charge in [0, 0.05) is 6.04 Å². The maximum atomic E-state index is 12.4. The third-order valence-corrected chi connectivity index (χ3v) is 5.89. The molecule has 0 amide bonds. The van der Waals surface area contributed by atoms with Crippen LogP contribution in [0.25, 0.3) is 0 Å². The van der Waals surface area contributed by atoms with Gasteiger partial charge in [-0.25, -0.2) is 8.42 Å². The Balaban J connectivity index is 2.82. The van der Waals surface area contributed by atoms with Gasteiger partial charge in [-0.15, -0.1) is 0 Å². The predicted octanol–water partition coefficient (Wildman–Crippen LogP) is 3.07. The molecule has 108 valence electrons. The summed E-state index contributed by atoms with van der Waals surface area (Å²) in [4.78, 5) is 0. The van der Waals surface area contributed by atoms with E-state index in [0.29, 0.717) is 6.42 Å². The van der Waals surface area contributed by atoms with Crippen molar-refractivity contribution in [1.82, 2.24) is 0 Å². The lowest BCUT2D eigenvalue weighted by Gasteiger charge is -2.23. The van der Waals surface area contributed by atoms with Gasteiger partial charge in [0.15, 0.2) is 9.84 Å². The van der Waals surface area contributed by atoms with Crippen molar-refractivity contribution in [3.63, 3.8) is 0 Å². The molecular formula is C15H25NO2S. The predicted molar refractivity (Wildman–Crippen MR) is 80.8 cm³/mol. The Morgan fingerprint density at radius 1 is 1.11 bits per heavy atom. The van der Waals surface area contributed by atoms with Gasteiger partial charge in [0.05, 0.1) is 11.0 Å². The Labute approximate surface area is 117 Å². The van der Waals surface area contributed by atoms with Crippen LogP contribution in [0.15, 0.2) is 30.3 Å². The average molecular weight is 283 g/mol. The largest absolute Gasteiger partial charge is 0.323 e. The van der Waals surface area contributed by atoms with E-state index in [-0.39, 0.29) is 5.75 Å². The van der Waals surface area contributed by atoms with E-state index in [0.717, 1.165) is 24.8 Å². The normalized spacial score (nSPS) is 15.1. The van der Waals surface area contributed by atoms with E-state index >= 15 is 0 Å². The van der Waals surface area contributed by atoms with Gasteiger partial charge in [-0.1, -0.05) is 57.0 Å². The molecule has 0 saturated carbocycles. The lowest BCUT2D eigenvalue weighted by molar-refractivity contribution is 0.544. The van der Waals surface area contributed by atoms with Gasteiger partial charge < -0.3 is 5.73 Å². The fourth-order valence-corrected chi connectivity index (χ4v) is 4.35. The Morgan fingerprint density at radius 3 is 2.26 bits per heavy atom. The minimum Gasteiger partial charge on any atom is -0.323 e. The van der Waals surface area contributed by atoms with Crippen LogP contribution in [0.5, 0.6) is 0 Å². The molecule has 0 aliphatic rings. The highest BCUT2D eigenvalue weighted by Crippen LogP contribution is 2.23. The molecule has 3 nitrogen and oxygen atoms in total. The van der Waals surface area contributed by atoms with Crippen LogP contribution >= 0.6 is 0 Å². The van der Waals surface area contributed by atoms with E-state index in [1.54, 1.807) is 0 Å². The van der Waals surface area contributed by atoms with E-state index in [1.807, 2.05) is 37.3 Å². The fourth-order valence-electron chi connectivity index (χ4n) is 2.33. The van der Waals surface area contributed by atoms with E-state index in [1.165, 1.54) is 0 Å². The van der Waals surface area contributed by atoms with Crippen LogP contribution in [0.2, 0.25) is 0 Å². The zero-order chi connectivity index (χ0) is 14.3. The van der Waals surface area contributed by atoms with Crippen molar-refractivity contribution in [2.75, 3.05) is 5.75 Å². The molecule has 0 bridgehead atoms. The van der Waals surface area contributed by atoms with Crippen LogP contribution in [-0.2, 0) is 9.84 Å². The molecular weight excluding hydrogens is 258 g/mol. The molecule has 0 spiro atoms. The number of unbranched alkanes of at least 4 members (excludes halogenated alkanes) is 2. The van der Waals surface area contributed by atoms with E-state index in [9.17, 15) is 8.42 Å². The van der Waals surface area contributed by atoms with Gasteiger partial charge in [0.25, 0.3) is 0 Å². The third-order valence-electron chi connectivity index (χ3n) is 3.48. The van der Waals surface area contributed by atoms with Crippen molar-refractivity contribution in [2.24, 2.45) is 5.73 Å². The second-order valence-electron chi connectivity index (χ2n) is 4.96. The number of hydrogen-bond acceptors (Lipinski definition) is 3. The molecule has 0 aromatic heterocycles. The molecule has 2 atom stereocenters. The van der Waals surface area contributed by atoms with Crippen LogP contribution in [0, 0.1) is 0 Å². The summed E-state index contributed by atoms with van der Waals surface area (Å²) in [5, 5.41) is -0.480. The van der Waals surface area contributed by atoms with Gasteiger partial charge in [0.1, 0.15) is 0 Å². The van der Waals surface area contributed by atoms with Crippen LogP contribution < -0.4 is 5.73 Å². The van der Waals surface area contributed by atoms with Gasteiger partial charge in [0.2, 0.25) is 0 Å². The first kappa shape index (κ1) is 16.2. The topological polar surface area (TPSA) is 60.2 Å². The summed E-state index contributed by atoms with van der Waals surface area (Å²) >= 11 is 0. The number of sulfone groups is 1. The highest BCUT2D eigenvalue weighted by atomic mass is 32.2. The Morgan fingerprint density at radius 2 is 1.74 bits per heavy atom. The maximum Gasteiger partial charge on any atom is 0.155 e. The second-order valence-corrected chi connectivity index (χ2v) is 7.30.